The highest BCUT2D eigenvalue weighted by Gasteiger charge is 2.31. The van der Waals surface area contributed by atoms with E-state index in [2.05, 4.69) is 5.32 Å². The molecule has 1 atom stereocenters. The van der Waals surface area contributed by atoms with Crippen LogP contribution in [0.4, 0.5) is 13.2 Å². The Hall–Kier alpha value is -0.250. The van der Waals surface area contributed by atoms with Crippen molar-refractivity contribution >= 4 is 0 Å². The SMILES string of the molecule is CC(CC(F)(F)F)NC1CCCC1. The fourth-order valence-corrected chi connectivity index (χ4v) is 1.90. The average Bonchev–Trinajstić information content (AvgIpc) is 2.34. The molecule has 13 heavy (non-hydrogen) atoms. The van der Waals surface area contributed by atoms with E-state index < -0.39 is 18.6 Å². The quantitative estimate of drug-likeness (QED) is 0.730. The first-order chi connectivity index (χ1) is 5.97. The van der Waals surface area contributed by atoms with E-state index in [9.17, 15) is 13.2 Å². The minimum atomic E-state index is -4.04. The van der Waals surface area contributed by atoms with Crippen LogP contribution in [0.3, 0.4) is 0 Å². The van der Waals surface area contributed by atoms with Crippen LogP contribution >= 0.6 is 0 Å². The molecule has 1 N–H and O–H groups in total. The Kier molecular flexibility index (Phi) is 3.59. The molecular formula is C9H16F3N. The Morgan fingerprint density at radius 2 is 1.85 bits per heavy atom. The van der Waals surface area contributed by atoms with Crippen LogP contribution in [0.1, 0.15) is 39.0 Å². The van der Waals surface area contributed by atoms with Crippen LogP contribution in [-0.4, -0.2) is 18.3 Å². The maximum Gasteiger partial charge on any atom is 0.390 e. The number of halogens is 3. The molecule has 78 valence electrons. The van der Waals surface area contributed by atoms with E-state index in [1.54, 1.807) is 6.92 Å². The zero-order valence-corrected chi connectivity index (χ0v) is 7.82. The molecule has 0 aliphatic heterocycles. The summed E-state index contributed by atoms with van der Waals surface area (Å²) in [5.41, 5.74) is 0. The molecule has 1 fully saturated rings. The Morgan fingerprint density at radius 1 is 1.31 bits per heavy atom. The highest BCUT2D eigenvalue weighted by molar-refractivity contribution is 4.77. The molecule has 0 aromatic heterocycles. The van der Waals surface area contributed by atoms with Gasteiger partial charge in [-0.25, -0.2) is 0 Å². The number of hydrogen-bond acceptors (Lipinski definition) is 1. The Labute approximate surface area is 76.7 Å². The molecule has 1 nitrogen and oxygen atoms in total. The molecule has 1 rings (SSSR count). The van der Waals surface area contributed by atoms with Gasteiger partial charge in [0.15, 0.2) is 0 Å². The minimum Gasteiger partial charge on any atom is -0.311 e. The largest absolute Gasteiger partial charge is 0.390 e. The lowest BCUT2D eigenvalue weighted by molar-refractivity contribution is -0.139. The standard InChI is InChI=1S/C9H16F3N/c1-7(6-9(10,11)12)13-8-4-2-3-5-8/h7-8,13H,2-6H2,1H3. The molecule has 0 saturated heterocycles. The third-order valence-corrected chi connectivity index (χ3v) is 2.41. The van der Waals surface area contributed by atoms with E-state index in [1.165, 1.54) is 0 Å². The van der Waals surface area contributed by atoms with Gasteiger partial charge in [-0.1, -0.05) is 12.8 Å². The van der Waals surface area contributed by atoms with Gasteiger partial charge in [-0.3, -0.25) is 0 Å². The summed E-state index contributed by atoms with van der Waals surface area (Å²) in [4.78, 5) is 0. The van der Waals surface area contributed by atoms with Crippen molar-refractivity contribution in [3.05, 3.63) is 0 Å². The first-order valence-corrected chi connectivity index (χ1v) is 4.80. The van der Waals surface area contributed by atoms with Gasteiger partial charge in [-0.05, 0) is 19.8 Å². The molecule has 0 bridgehead atoms. The molecule has 0 radical (unpaired) electrons. The Bertz CT molecular complexity index is 149. The summed E-state index contributed by atoms with van der Waals surface area (Å²) in [6, 6.07) is -0.125. The van der Waals surface area contributed by atoms with Crippen LogP contribution in [0.2, 0.25) is 0 Å². The molecule has 0 amide bonds. The Morgan fingerprint density at radius 3 is 2.31 bits per heavy atom. The number of rotatable bonds is 3. The fourth-order valence-electron chi connectivity index (χ4n) is 1.90. The third kappa shape index (κ3) is 4.50. The fraction of sp³-hybridized carbons (Fsp3) is 1.00. The topological polar surface area (TPSA) is 12.0 Å². The van der Waals surface area contributed by atoms with Crippen LogP contribution in [0.15, 0.2) is 0 Å². The lowest BCUT2D eigenvalue weighted by atomic mass is 10.1. The van der Waals surface area contributed by atoms with Crippen molar-refractivity contribution in [1.82, 2.24) is 5.32 Å². The van der Waals surface area contributed by atoms with Gasteiger partial charge < -0.3 is 5.32 Å². The zero-order valence-electron chi connectivity index (χ0n) is 7.82. The van der Waals surface area contributed by atoms with Crippen molar-refractivity contribution in [2.24, 2.45) is 0 Å². The van der Waals surface area contributed by atoms with Crippen molar-refractivity contribution in [3.63, 3.8) is 0 Å². The Balaban J connectivity index is 2.20. The normalized spacial score (nSPS) is 22.2. The summed E-state index contributed by atoms with van der Waals surface area (Å²) in [7, 11) is 0. The third-order valence-electron chi connectivity index (χ3n) is 2.41. The molecule has 0 heterocycles. The van der Waals surface area contributed by atoms with Gasteiger partial charge in [-0.15, -0.1) is 0 Å². The summed E-state index contributed by atoms with van der Waals surface area (Å²) < 4.78 is 35.8. The van der Waals surface area contributed by atoms with Crippen molar-refractivity contribution in [1.29, 1.82) is 0 Å². The highest BCUT2D eigenvalue weighted by Crippen LogP contribution is 2.23. The first kappa shape index (κ1) is 10.8. The summed E-state index contributed by atoms with van der Waals surface area (Å²) in [5, 5.41) is 3.02. The van der Waals surface area contributed by atoms with E-state index in [-0.39, 0.29) is 0 Å². The van der Waals surface area contributed by atoms with Crippen LogP contribution in [0.25, 0.3) is 0 Å². The molecule has 1 unspecified atom stereocenters. The second-order valence-corrected chi connectivity index (χ2v) is 3.87. The van der Waals surface area contributed by atoms with E-state index in [0.29, 0.717) is 6.04 Å². The molecule has 1 aliphatic carbocycles. The molecule has 0 aromatic rings. The molecule has 4 heteroatoms. The lowest BCUT2D eigenvalue weighted by Gasteiger charge is -2.20. The van der Waals surface area contributed by atoms with Crippen LogP contribution in [0.5, 0.6) is 0 Å². The minimum absolute atomic E-state index is 0.317. The van der Waals surface area contributed by atoms with Gasteiger partial charge >= 0.3 is 6.18 Å². The number of hydrogen-bond donors (Lipinski definition) is 1. The monoisotopic (exact) mass is 195 g/mol. The molecule has 1 saturated carbocycles. The van der Waals surface area contributed by atoms with Gasteiger partial charge in [0.1, 0.15) is 0 Å². The predicted molar refractivity (Wildman–Crippen MR) is 45.5 cm³/mol. The van der Waals surface area contributed by atoms with Gasteiger partial charge in [0.05, 0.1) is 6.42 Å². The van der Waals surface area contributed by atoms with E-state index in [4.69, 9.17) is 0 Å². The summed E-state index contributed by atoms with van der Waals surface area (Å²) >= 11 is 0. The van der Waals surface area contributed by atoms with E-state index in [0.717, 1.165) is 25.7 Å². The van der Waals surface area contributed by atoms with Crippen molar-refractivity contribution < 1.29 is 13.2 Å². The molecule has 0 spiro atoms. The molecule has 0 aromatic carbocycles. The van der Waals surface area contributed by atoms with Gasteiger partial charge in [0, 0.05) is 12.1 Å². The maximum absolute atomic E-state index is 11.9. The second kappa shape index (κ2) is 4.31. The van der Waals surface area contributed by atoms with Crippen LogP contribution < -0.4 is 5.32 Å². The van der Waals surface area contributed by atoms with Crippen molar-refractivity contribution in [2.75, 3.05) is 0 Å². The number of alkyl halides is 3. The molecule has 1 aliphatic rings. The van der Waals surface area contributed by atoms with Gasteiger partial charge in [0.2, 0.25) is 0 Å². The first-order valence-electron chi connectivity index (χ1n) is 4.80. The summed E-state index contributed by atoms with van der Waals surface area (Å²) in [6.45, 7) is 1.60. The smallest absolute Gasteiger partial charge is 0.311 e. The van der Waals surface area contributed by atoms with Gasteiger partial charge in [0.25, 0.3) is 0 Å². The van der Waals surface area contributed by atoms with E-state index >= 15 is 0 Å². The predicted octanol–water partition coefficient (Wildman–Crippen LogP) is 2.86. The average molecular weight is 195 g/mol. The second-order valence-electron chi connectivity index (χ2n) is 3.87. The van der Waals surface area contributed by atoms with Crippen molar-refractivity contribution in [3.8, 4) is 0 Å². The van der Waals surface area contributed by atoms with Crippen molar-refractivity contribution in [2.45, 2.75) is 57.3 Å². The van der Waals surface area contributed by atoms with Crippen LogP contribution in [0, 0.1) is 0 Å². The maximum atomic E-state index is 11.9. The zero-order chi connectivity index (χ0) is 9.90. The van der Waals surface area contributed by atoms with E-state index in [1.807, 2.05) is 0 Å². The van der Waals surface area contributed by atoms with Crippen LogP contribution in [-0.2, 0) is 0 Å². The highest BCUT2D eigenvalue weighted by atomic mass is 19.4. The van der Waals surface area contributed by atoms with Gasteiger partial charge in [-0.2, -0.15) is 13.2 Å². The summed E-state index contributed by atoms with van der Waals surface area (Å²) in [6.07, 6.45) is -0.397. The molecular weight excluding hydrogens is 179 g/mol. The lowest BCUT2D eigenvalue weighted by Crippen LogP contribution is -2.37. The number of nitrogens with one attached hydrogen (secondary N) is 1. The summed E-state index contributed by atoms with van der Waals surface area (Å²) in [5.74, 6) is 0.